The standard InChI is InChI=1S/C15H14BrNO/c1-11-3-2-4-12(5-11)7-15(18)8-13-6-14(16)10-17-9-13/h2-6,9-10H,7-8H2,1H3. The first-order valence-electron chi connectivity index (χ1n) is 5.80. The van der Waals surface area contributed by atoms with Gasteiger partial charge in [0.1, 0.15) is 5.78 Å². The maximum absolute atomic E-state index is 12.0. The van der Waals surface area contributed by atoms with Crippen LogP contribution in [0.1, 0.15) is 16.7 Å². The number of ketones is 1. The highest BCUT2D eigenvalue weighted by Crippen LogP contribution is 2.12. The summed E-state index contributed by atoms with van der Waals surface area (Å²) < 4.78 is 0.906. The van der Waals surface area contributed by atoms with E-state index in [0.717, 1.165) is 15.6 Å². The van der Waals surface area contributed by atoms with Gasteiger partial charge in [0.05, 0.1) is 0 Å². The molecule has 2 rings (SSSR count). The number of pyridine rings is 1. The van der Waals surface area contributed by atoms with Gasteiger partial charge >= 0.3 is 0 Å². The lowest BCUT2D eigenvalue weighted by atomic mass is 10.0. The molecule has 0 saturated carbocycles. The van der Waals surface area contributed by atoms with Crippen LogP contribution in [-0.2, 0) is 17.6 Å². The van der Waals surface area contributed by atoms with Crippen LogP contribution in [0, 0.1) is 6.92 Å². The first-order chi connectivity index (χ1) is 8.63. The lowest BCUT2D eigenvalue weighted by Crippen LogP contribution is -2.06. The highest BCUT2D eigenvalue weighted by molar-refractivity contribution is 9.10. The number of halogens is 1. The van der Waals surface area contributed by atoms with Crippen LogP contribution < -0.4 is 0 Å². The van der Waals surface area contributed by atoms with Gasteiger partial charge in [-0.05, 0) is 40.0 Å². The van der Waals surface area contributed by atoms with Crippen LogP contribution in [0.2, 0.25) is 0 Å². The van der Waals surface area contributed by atoms with Crippen LogP contribution in [-0.4, -0.2) is 10.8 Å². The zero-order valence-corrected chi connectivity index (χ0v) is 11.8. The molecular weight excluding hydrogens is 290 g/mol. The first kappa shape index (κ1) is 13.0. The van der Waals surface area contributed by atoms with Gasteiger partial charge in [-0.3, -0.25) is 9.78 Å². The number of Topliss-reactive ketones (excluding diaryl/α,β-unsaturated/α-hetero) is 1. The smallest absolute Gasteiger partial charge is 0.141 e. The van der Waals surface area contributed by atoms with E-state index in [2.05, 4.69) is 27.0 Å². The van der Waals surface area contributed by atoms with Crippen LogP contribution in [0.3, 0.4) is 0 Å². The van der Waals surface area contributed by atoms with Crippen molar-refractivity contribution in [3.63, 3.8) is 0 Å². The Morgan fingerprint density at radius 1 is 1.17 bits per heavy atom. The average Bonchev–Trinajstić information content (AvgIpc) is 2.28. The van der Waals surface area contributed by atoms with Crippen molar-refractivity contribution in [3.05, 3.63) is 63.9 Å². The van der Waals surface area contributed by atoms with Crippen LogP contribution in [0.25, 0.3) is 0 Å². The van der Waals surface area contributed by atoms with Crippen molar-refractivity contribution in [2.45, 2.75) is 19.8 Å². The number of nitrogens with zero attached hydrogens (tertiary/aromatic N) is 1. The van der Waals surface area contributed by atoms with E-state index in [1.807, 2.05) is 31.2 Å². The summed E-state index contributed by atoms with van der Waals surface area (Å²) in [7, 11) is 0. The molecule has 0 N–H and O–H groups in total. The first-order valence-corrected chi connectivity index (χ1v) is 6.59. The zero-order chi connectivity index (χ0) is 13.0. The van der Waals surface area contributed by atoms with Crippen molar-refractivity contribution in [2.24, 2.45) is 0 Å². The molecule has 0 atom stereocenters. The average molecular weight is 304 g/mol. The van der Waals surface area contributed by atoms with E-state index in [0.29, 0.717) is 12.8 Å². The summed E-state index contributed by atoms with van der Waals surface area (Å²) in [5.41, 5.74) is 3.20. The molecule has 0 spiro atoms. The number of hydrogen-bond donors (Lipinski definition) is 0. The molecule has 0 amide bonds. The molecule has 0 saturated heterocycles. The van der Waals surface area contributed by atoms with Crippen molar-refractivity contribution in [1.82, 2.24) is 4.98 Å². The molecule has 1 aromatic carbocycles. The van der Waals surface area contributed by atoms with Gasteiger partial charge in [-0.15, -0.1) is 0 Å². The number of aromatic nitrogens is 1. The number of carbonyl (C=O) groups excluding carboxylic acids is 1. The summed E-state index contributed by atoms with van der Waals surface area (Å²) in [4.78, 5) is 16.0. The minimum atomic E-state index is 0.209. The molecule has 2 nitrogen and oxygen atoms in total. The van der Waals surface area contributed by atoms with Crippen LogP contribution in [0.4, 0.5) is 0 Å². The number of aryl methyl sites for hydroxylation is 1. The fraction of sp³-hybridized carbons (Fsp3) is 0.200. The molecule has 0 aliphatic rings. The van der Waals surface area contributed by atoms with Crippen molar-refractivity contribution < 1.29 is 4.79 Å². The summed E-state index contributed by atoms with van der Waals surface area (Å²) >= 11 is 3.35. The Morgan fingerprint density at radius 2 is 1.94 bits per heavy atom. The van der Waals surface area contributed by atoms with E-state index >= 15 is 0 Å². The highest BCUT2D eigenvalue weighted by Gasteiger charge is 2.06. The maximum atomic E-state index is 12.0. The minimum absolute atomic E-state index is 0.209. The van der Waals surface area contributed by atoms with E-state index < -0.39 is 0 Å². The number of carbonyl (C=O) groups is 1. The van der Waals surface area contributed by atoms with Gasteiger partial charge in [-0.2, -0.15) is 0 Å². The second-order valence-corrected chi connectivity index (χ2v) is 5.31. The van der Waals surface area contributed by atoms with Crippen molar-refractivity contribution in [1.29, 1.82) is 0 Å². The third-order valence-electron chi connectivity index (χ3n) is 2.65. The molecule has 0 aliphatic heterocycles. The fourth-order valence-electron chi connectivity index (χ4n) is 1.89. The Bertz CT molecular complexity index is 516. The molecule has 2 aromatic rings. The predicted molar refractivity (Wildman–Crippen MR) is 75.5 cm³/mol. The quantitative estimate of drug-likeness (QED) is 0.865. The normalized spacial score (nSPS) is 10.3. The molecule has 0 unspecified atom stereocenters. The van der Waals surface area contributed by atoms with Crippen LogP contribution in [0.5, 0.6) is 0 Å². The molecule has 0 radical (unpaired) electrons. The van der Waals surface area contributed by atoms with Gasteiger partial charge in [-0.25, -0.2) is 0 Å². The molecule has 0 aliphatic carbocycles. The van der Waals surface area contributed by atoms with E-state index in [4.69, 9.17) is 0 Å². The summed E-state index contributed by atoms with van der Waals surface area (Å²) in [6, 6.07) is 9.99. The van der Waals surface area contributed by atoms with Crippen molar-refractivity contribution >= 4 is 21.7 Å². The molecule has 0 bridgehead atoms. The zero-order valence-electron chi connectivity index (χ0n) is 10.2. The maximum Gasteiger partial charge on any atom is 0.141 e. The van der Waals surface area contributed by atoms with E-state index in [9.17, 15) is 4.79 Å². The molecule has 0 fully saturated rings. The number of benzene rings is 1. The minimum Gasteiger partial charge on any atom is -0.299 e. The fourth-order valence-corrected chi connectivity index (χ4v) is 2.30. The Labute approximate surface area is 115 Å². The van der Waals surface area contributed by atoms with Gasteiger partial charge in [0.25, 0.3) is 0 Å². The van der Waals surface area contributed by atoms with Gasteiger partial charge < -0.3 is 0 Å². The Balaban J connectivity index is 2.01. The summed E-state index contributed by atoms with van der Waals surface area (Å²) in [6.07, 6.45) is 4.36. The number of rotatable bonds is 4. The van der Waals surface area contributed by atoms with Crippen molar-refractivity contribution in [2.75, 3.05) is 0 Å². The monoisotopic (exact) mass is 303 g/mol. The number of hydrogen-bond acceptors (Lipinski definition) is 2. The molecule has 1 heterocycles. The largest absolute Gasteiger partial charge is 0.299 e. The highest BCUT2D eigenvalue weighted by atomic mass is 79.9. The van der Waals surface area contributed by atoms with Gasteiger partial charge in [0.15, 0.2) is 0 Å². The Kier molecular flexibility index (Phi) is 4.26. The van der Waals surface area contributed by atoms with Crippen molar-refractivity contribution in [3.8, 4) is 0 Å². The second kappa shape index (κ2) is 5.91. The van der Waals surface area contributed by atoms with Crippen LogP contribution in [0.15, 0.2) is 47.2 Å². The van der Waals surface area contributed by atoms with Gasteiger partial charge in [0.2, 0.25) is 0 Å². The van der Waals surface area contributed by atoms with E-state index in [1.165, 1.54) is 5.56 Å². The lowest BCUT2D eigenvalue weighted by Gasteiger charge is -2.03. The third kappa shape index (κ3) is 3.77. The Morgan fingerprint density at radius 3 is 2.67 bits per heavy atom. The lowest BCUT2D eigenvalue weighted by molar-refractivity contribution is -0.117. The molecular formula is C15H14BrNO. The Hall–Kier alpha value is -1.48. The summed E-state index contributed by atoms with van der Waals surface area (Å²) in [5, 5.41) is 0. The molecule has 3 heteroatoms. The van der Waals surface area contributed by atoms with E-state index in [-0.39, 0.29) is 5.78 Å². The third-order valence-corrected chi connectivity index (χ3v) is 3.08. The topological polar surface area (TPSA) is 30.0 Å². The van der Waals surface area contributed by atoms with E-state index in [1.54, 1.807) is 12.4 Å². The second-order valence-electron chi connectivity index (χ2n) is 4.39. The predicted octanol–water partition coefficient (Wildman–Crippen LogP) is 3.51. The SMILES string of the molecule is Cc1cccc(CC(=O)Cc2cncc(Br)c2)c1. The summed E-state index contributed by atoms with van der Waals surface area (Å²) in [5.74, 6) is 0.209. The summed E-state index contributed by atoms with van der Waals surface area (Å²) in [6.45, 7) is 2.03. The molecule has 1 aromatic heterocycles. The van der Waals surface area contributed by atoms with Gasteiger partial charge in [0, 0.05) is 29.7 Å². The van der Waals surface area contributed by atoms with Gasteiger partial charge in [-0.1, -0.05) is 29.8 Å². The van der Waals surface area contributed by atoms with Crippen LogP contribution >= 0.6 is 15.9 Å². The molecule has 92 valence electrons. The molecule has 18 heavy (non-hydrogen) atoms.